The number of nitrogens with one attached hydrogen (secondary N) is 1. The van der Waals surface area contributed by atoms with Gasteiger partial charge in [-0.3, -0.25) is 0 Å². The van der Waals surface area contributed by atoms with Gasteiger partial charge in [0.15, 0.2) is 0 Å². The Bertz CT molecular complexity index is 648. The third-order valence-electron chi connectivity index (χ3n) is 5.18. The third-order valence-corrected chi connectivity index (χ3v) is 5.18. The molecule has 3 nitrogen and oxygen atoms in total. The molecule has 0 radical (unpaired) electrons. The molecule has 2 aromatic rings. The summed E-state index contributed by atoms with van der Waals surface area (Å²) >= 11 is 0. The molecule has 132 valence electrons. The van der Waals surface area contributed by atoms with E-state index in [1.165, 1.54) is 5.56 Å². The van der Waals surface area contributed by atoms with Gasteiger partial charge in [-0.15, -0.1) is 0 Å². The van der Waals surface area contributed by atoms with E-state index in [4.69, 9.17) is 4.74 Å². The minimum Gasteiger partial charge on any atom is -0.459 e. The highest BCUT2D eigenvalue weighted by molar-refractivity contribution is 5.89. The van der Waals surface area contributed by atoms with Crippen molar-refractivity contribution in [3.63, 3.8) is 0 Å². The Morgan fingerprint density at radius 1 is 1.00 bits per heavy atom. The molecule has 0 aromatic heterocycles. The van der Waals surface area contributed by atoms with Gasteiger partial charge in [-0.2, -0.15) is 0 Å². The molecule has 1 fully saturated rings. The highest BCUT2D eigenvalue weighted by atomic mass is 16.5. The summed E-state index contributed by atoms with van der Waals surface area (Å²) < 4.78 is 5.68. The van der Waals surface area contributed by atoms with E-state index in [-0.39, 0.29) is 12.1 Å². The number of hydrogen-bond donors (Lipinski definition) is 1. The third kappa shape index (κ3) is 5.17. The van der Waals surface area contributed by atoms with Gasteiger partial charge in [-0.05, 0) is 56.2 Å². The van der Waals surface area contributed by atoms with Crippen LogP contribution in [-0.4, -0.2) is 18.1 Å². The summed E-state index contributed by atoms with van der Waals surface area (Å²) in [7, 11) is 0. The Kier molecular flexibility index (Phi) is 6.24. The standard InChI is InChI=1S/C22H27NO2/c1-17(25-22(24)20-10-6-3-7-11-20)19-12-14-21(15-13-19)23-16-18-8-4-2-5-9-18/h2-11,17,19,21,23H,12-16H2,1H3. The number of carbonyl (C=O) groups excluding carboxylic acids is 1. The number of esters is 1. The van der Waals surface area contributed by atoms with Gasteiger partial charge in [0.2, 0.25) is 0 Å². The van der Waals surface area contributed by atoms with Gasteiger partial charge in [-0.1, -0.05) is 48.5 Å². The maximum Gasteiger partial charge on any atom is 0.338 e. The van der Waals surface area contributed by atoms with Crippen molar-refractivity contribution in [2.45, 2.75) is 51.3 Å². The normalized spacial score (nSPS) is 21.5. The lowest BCUT2D eigenvalue weighted by molar-refractivity contribution is 0.0126. The van der Waals surface area contributed by atoms with Crippen molar-refractivity contribution >= 4 is 5.97 Å². The van der Waals surface area contributed by atoms with Crippen LogP contribution in [0.15, 0.2) is 60.7 Å². The average molecular weight is 337 g/mol. The molecule has 1 atom stereocenters. The van der Waals surface area contributed by atoms with Crippen LogP contribution in [0.3, 0.4) is 0 Å². The fourth-order valence-electron chi connectivity index (χ4n) is 3.56. The van der Waals surface area contributed by atoms with E-state index in [2.05, 4.69) is 29.6 Å². The molecule has 3 heteroatoms. The van der Waals surface area contributed by atoms with Crippen molar-refractivity contribution in [3.05, 3.63) is 71.8 Å². The van der Waals surface area contributed by atoms with Crippen LogP contribution in [0.1, 0.15) is 48.5 Å². The van der Waals surface area contributed by atoms with Gasteiger partial charge in [0.1, 0.15) is 6.10 Å². The molecule has 0 bridgehead atoms. The summed E-state index contributed by atoms with van der Waals surface area (Å²) in [6, 6.07) is 20.3. The average Bonchev–Trinajstić information content (AvgIpc) is 2.68. The van der Waals surface area contributed by atoms with Crippen LogP contribution in [0.4, 0.5) is 0 Å². The van der Waals surface area contributed by atoms with Gasteiger partial charge in [0.25, 0.3) is 0 Å². The fraction of sp³-hybridized carbons (Fsp3) is 0.409. The molecule has 0 aliphatic heterocycles. The number of rotatable bonds is 6. The van der Waals surface area contributed by atoms with Gasteiger partial charge >= 0.3 is 5.97 Å². The predicted octanol–water partition coefficient (Wildman–Crippen LogP) is 4.58. The van der Waals surface area contributed by atoms with Crippen LogP contribution in [0.25, 0.3) is 0 Å². The largest absolute Gasteiger partial charge is 0.459 e. The summed E-state index contributed by atoms with van der Waals surface area (Å²) in [6.07, 6.45) is 4.48. The molecule has 0 saturated heterocycles. The smallest absolute Gasteiger partial charge is 0.338 e. The van der Waals surface area contributed by atoms with Crippen molar-refractivity contribution in [2.75, 3.05) is 0 Å². The molecule has 0 amide bonds. The topological polar surface area (TPSA) is 38.3 Å². The van der Waals surface area contributed by atoms with E-state index < -0.39 is 0 Å². The molecule has 0 spiro atoms. The summed E-state index contributed by atoms with van der Waals surface area (Å²) in [5, 5.41) is 3.66. The first-order valence-corrected chi connectivity index (χ1v) is 9.25. The first kappa shape index (κ1) is 17.7. The molecule has 1 N–H and O–H groups in total. The zero-order valence-electron chi connectivity index (χ0n) is 14.9. The Balaban J connectivity index is 1.41. The maximum atomic E-state index is 12.2. The zero-order valence-corrected chi connectivity index (χ0v) is 14.9. The summed E-state index contributed by atoms with van der Waals surface area (Å²) in [5.74, 6) is 0.250. The molecular formula is C22H27NO2. The quantitative estimate of drug-likeness (QED) is 0.784. The minimum atomic E-state index is -0.211. The highest BCUT2D eigenvalue weighted by Crippen LogP contribution is 2.29. The number of benzene rings is 2. The Labute approximate surface area is 150 Å². The zero-order chi connectivity index (χ0) is 17.5. The molecule has 2 aromatic carbocycles. The van der Waals surface area contributed by atoms with E-state index in [0.717, 1.165) is 32.2 Å². The number of ether oxygens (including phenoxy) is 1. The molecule has 0 heterocycles. The van der Waals surface area contributed by atoms with E-state index in [9.17, 15) is 4.79 Å². The molecule has 1 saturated carbocycles. The summed E-state index contributed by atoms with van der Waals surface area (Å²) in [4.78, 5) is 12.2. The van der Waals surface area contributed by atoms with Crippen molar-refractivity contribution in [1.29, 1.82) is 0 Å². The Morgan fingerprint density at radius 3 is 2.24 bits per heavy atom. The monoisotopic (exact) mass is 337 g/mol. The first-order valence-electron chi connectivity index (χ1n) is 9.25. The van der Waals surface area contributed by atoms with Gasteiger partial charge in [0.05, 0.1) is 5.56 Å². The summed E-state index contributed by atoms with van der Waals surface area (Å²) in [6.45, 7) is 2.96. The second-order valence-corrected chi connectivity index (χ2v) is 6.95. The Hall–Kier alpha value is -2.13. The lowest BCUT2D eigenvalue weighted by atomic mass is 9.83. The second kappa shape index (κ2) is 8.82. The molecular weight excluding hydrogens is 310 g/mol. The van der Waals surface area contributed by atoms with E-state index in [1.807, 2.05) is 31.2 Å². The molecule has 1 unspecified atom stereocenters. The van der Waals surface area contributed by atoms with Crippen molar-refractivity contribution < 1.29 is 9.53 Å². The van der Waals surface area contributed by atoms with Crippen LogP contribution < -0.4 is 5.32 Å². The van der Waals surface area contributed by atoms with Gasteiger partial charge in [-0.25, -0.2) is 4.79 Å². The molecule has 3 rings (SSSR count). The molecule has 1 aliphatic rings. The number of hydrogen-bond acceptors (Lipinski definition) is 3. The van der Waals surface area contributed by atoms with Crippen LogP contribution in [0.2, 0.25) is 0 Å². The van der Waals surface area contributed by atoms with Crippen LogP contribution >= 0.6 is 0 Å². The van der Waals surface area contributed by atoms with Crippen molar-refractivity contribution in [3.8, 4) is 0 Å². The number of carbonyl (C=O) groups is 1. The summed E-state index contributed by atoms with van der Waals surface area (Å²) in [5.41, 5.74) is 1.96. The van der Waals surface area contributed by atoms with Gasteiger partial charge < -0.3 is 10.1 Å². The Morgan fingerprint density at radius 2 is 1.60 bits per heavy atom. The first-order chi connectivity index (χ1) is 12.2. The second-order valence-electron chi connectivity index (χ2n) is 6.95. The van der Waals surface area contributed by atoms with Crippen LogP contribution in [0.5, 0.6) is 0 Å². The maximum absolute atomic E-state index is 12.2. The van der Waals surface area contributed by atoms with Crippen LogP contribution in [-0.2, 0) is 11.3 Å². The predicted molar refractivity (Wildman–Crippen MR) is 100 cm³/mol. The molecule has 25 heavy (non-hydrogen) atoms. The van der Waals surface area contributed by atoms with Crippen molar-refractivity contribution in [2.24, 2.45) is 5.92 Å². The van der Waals surface area contributed by atoms with Crippen molar-refractivity contribution in [1.82, 2.24) is 5.32 Å². The fourth-order valence-corrected chi connectivity index (χ4v) is 3.56. The minimum absolute atomic E-state index is 0.0252. The van der Waals surface area contributed by atoms with Crippen LogP contribution in [0, 0.1) is 5.92 Å². The van der Waals surface area contributed by atoms with E-state index >= 15 is 0 Å². The lowest BCUT2D eigenvalue weighted by Crippen LogP contribution is -2.36. The van der Waals surface area contributed by atoms with E-state index in [0.29, 0.717) is 17.5 Å². The SMILES string of the molecule is CC(OC(=O)c1ccccc1)C1CCC(NCc2ccccc2)CC1. The highest BCUT2D eigenvalue weighted by Gasteiger charge is 2.27. The lowest BCUT2D eigenvalue weighted by Gasteiger charge is -2.32. The molecule has 1 aliphatic carbocycles. The van der Waals surface area contributed by atoms with Gasteiger partial charge in [0, 0.05) is 12.6 Å². The van der Waals surface area contributed by atoms with E-state index in [1.54, 1.807) is 12.1 Å².